The Hall–Kier alpha value is -2.80. The van der Waals surface area contributed by atoms with E-state index in [0.29, 0.717) is 29.2 Å². The molecule has 0 atom stereocenters. The smallest absolute Gasteiger partial charge is 0.153 e. The molecule has 0 radical (unpaired) electrons. The van der Waals surface area contributed by atoms with Crippen molar-refractivity contribution in [3.63, 3.8) is 0 Å². The lowest BCUT2D eigenvalue weighted by Gasteiger charge is -2.11. The third-order valence-electron chi connectivity index (χ3n) is 3.20. The number of aldehydes is 1. The summed E-state index contributed by atoms with van der Waals surface area (Å²) >= 11 is 0. The lowest BCUT2D eigenvalue weighted by Crippen LogP contribution is -2.01. The Morgan fingerprint density at radius 2 is 2.05 bits per heavy atom. The molecule has 2 rings (SSSR count). The number of aryl methyl sites for hydroxylation is 1. The van der Waals surface area contributed by atoms with Crippen LogP contribution >= 0.6 is 0 Å². The number of rotatable bonds is 5. The molecule has 0 fully saturated rings. The van der Waals surface area contributed by atoms with Gasteiger partial charge in [-0.25, -0.2) is 0 Å². The quantitative estimate of drug-likeness (QED) is 0.789. The van der Waals surface area contributed by atoms with Crippen LogP contribution < -0.4 is 9.47 Å². The van der Waals surface area contributed by atoms with Crippen molar-refractivity contribution in [2.75, 3.05) is 7.11 Å². The highest BCUT2D eigenvalue weighted by Crippen LogP contribution is 2.25. The minimum atomic E-state index is 0.325. The number of nitriles is 1. The van der Waals surface area contributed by atoms with Gasteiger partial charge in [0, 0.05) is 6.07 Å². The molecule has 0 saturated heterocycles. The Balaban J connectivity index is 2.20. The van der Waals surface area contributed by atoms with Gasteiger partial charge in [-0.3, -0.25) is 4.79 Å². The van der Waals surface area contributed by atoms with Crippen LogP contribution in [-0.4, -0.2) is 13.4 Å². The molecular formula is C17H15NO3. The van der Waals surface area contributed by atoms with Crippen LogP contribution in [0, 0.1) is 18.3 Å². The largest absolute Gasteiger partial charge is 0.497 e. The lowest BCUT2D eigenvalue weighted by atomic mass is 10.1. The minimum absolute atomic E-state index is 0.325. The third-order valence-corrected chi connectivity index (χ3v) is 3.20. The predicted molar refractivity (Wildman–Crippen MR) is 78.6 cm³/mol. The Labute approximate surface area is 123 Å². The number of carbonyl (C=O) groups is 1. The highest BCUT2D eigenvalue weighted by atomic mass is 16.5. The second-order valence-corrected chi connectivity index (χ2v) is 4.56. The average molecular weight is 281 g/mol. The van der Waals surface area contributed by atoms with E-state index in [-0.39, 0.29) is 0 Å². The van der Waals surface area contributed by atoms with Gasteiger partial charge in [0.1, 0.15) is 18.1 Å². The normalized spacial score (nSPS) is 9.76. The number of benzene rings is 2. The predicted octanol–water partition coefficient (Wildman–Crippen LogP) is 3.27. The van der Waals surface area contributed by atoms with Gasteiger partial charge in [-0.2, -0.15) is 5.26 Å². The first kappa shape index (κ1) is 14.6. The molecule has 106 valence electrons. The molecule has 21 heavy (non-hydrogen) atoms. The molecular weight excluding hydrogens is 266 g/mol. The van der Waals surface area contributed by atoms with E-state index in [0.717, 1.165) is 17.4 Å². The van der Waals surface area contributed by atoms with Gasteiger partial charge in [0.15, 0.2) is 6.29 Å². The summed E-state index contributed by atoms with van der Waals surface area (Å²) in [6.45, 7) is 2.25. The second-order valence-electron chi connectivity index (χ2n) is 4.56. The maximum absolute atomic E-state index is 11.0. The lowest BCUT2D eigenvalue weighted by molar-refractivity contribution is 0.111. The SMILES string of the molecule is COc1ccc(C=O)c(OCc2ccc(C#N)cc2C)c1. The van der Waals surface area contributed by atoms with Crippen LogP contribution in [0.4, 0.5) is 0 Å². The summed E-state index contributed by atoms with van der Waals surface area (Å²) in [5.41, 5.74) is 3.03. The van der Waals surface area contributed by atoms with Gasteiger partial charge in [-0.05, 0) is 42.3 Å². The fraction of sp³-hybridized carbons (Fsp3) is 0.176. The number of hydrogen-bond donors (Lipinski definition) is 0. The molecule has 2 aromatic carbocycles. The van der Waals surface area contributed by atoms with Crippen LogP contribution in [0.15, 0.2) is 36.4 Å². The molecule has 0 spiro atoms. The zero-order chi connectivity index (χ0) is 15.2. The molecule has 0 amide bonds. The summed E-state index contributed by atoms with van der Waals surface area (Å²) in [5, 5.41) is 8.85. The Kier molecular flexibility index (Phi) is 4.57. The Morgan fingerprint density at radius 1 is 1.24 bits per heavy atom. The zero-order valence-electron chi connectivity index (χ0n) is 11.9. The van der Waals surface area contributed by atoms with Crippen LogP contribution in [0.2, 0.25) is 0 Å². The van der Waals surface area contributed by atoms with Gasteiger partial charge >= 0.3 is 0 Å². The molecule has 0 aliphatic heterocycles. The van der Waals surface area contributed by atoms with E-state index in [2.05, 4.69) is 6.07 Å². The van der Waals surface area contributed by atoms with Gasteiger partial charge in [0.2, 0.25) is 0 Å². The monoisotopic (exact) mass is 281 g/mol. The first-order valence-corrected chi connectivity index (χ1v) is 6.43. The van der Waals surface area contributed by atoms with E-state index in [1.165, 1.54) is 0 Å². The third kappa shape index (κ3) is 3.40. The number of carbonyl (C=O) groups excluding carboxylic acids is 1. The summed E-state index contributed by atoms with van der Waals surface area (Å²) in [7, 11) is 1.56. The second kappa shape index (κ2) is 6.58. The Bertz CT molecular complexity index is 702. The highest BCUT2D eigenvalue weighted by molar-refractivity contribution is 5.79. The molecule has 4 heteroatoms. The van der Waals surface area contributed by atoms with Crippen LogP contribution in [-0.2, 0) is 6.61 Å². The number of hydrogen-bond acceptors (Lipinski definition) is 4. The van der Waals surface area contributed by atoms with Crippen LogP contribution in [0.1, 0.15) is 27.0 Å². The van der Waals surface area contributed by atoms with Crippen molar-refractivity contribution in [2.24, 2.45) is 0 Å². The minimum Gasteiger partial charge on any atom is -0.497 e. The summed E-state index contributed by atoms with van der Waals surface area (Å²) in [4.78, 5) is 11.0. The molecule has 0 aliphatic rings. The van der Waals surface area contributed by atoms with Gasteiger partial charge in [-0.15, -0.1) is 0 Å². The average Bonchev–Trinajstić information content (AvgIpc) is 2.53. The van der Waals surface area contributed by atoms with Crippen LogP contribution in [0.3, 0.4) is 0 Å². The van der Waals surface area contributed by atoms with E-state index in [1.807, 2.05) is 19.1 Å². The summed E-state index contributed by atoms with van der Waals surface area (Å²) in [6.07, 6.45) is 0.750. The first-order chi connectivity index (χ1) is 10.2. The molecule has 0 aliphatic carbocycles. The standard InChI is InChI=1S/C17H15NO3/c1-12-7-13(9-18)3-4-15(12)11-21-17-8-16(20-2)6-5-14(17)10-19/h3-8,10H,11H2,1-2H3. The van der Waals surface area contributed by atoms with Crippen molar-refractivity contribution in [1.29, 1.82) is 5.26 Å². The fourth-order valence-electron chi connectivity index (χ4n) is 1.95. The van der Waals surface area contributed by atoms with Crippen LogP contribution in [0.5, 0.6) is 11.5 Å². The van der Waals surface area contributed by atoms with Crippen molar-refractivity contribution in [3.8, 4) is 17.6 Å². The van der Waals surface area contributed by atoms with Gasteiger partial charge in [0.05, 0.1) is 24.3 Å². The van der Waals surface area contributed by atoms with Gasteiger partial charge < -0.3 is 9.47 Å². The summed E-state index contributed by atoms with van der Waals surface area (Å²) in [6, 6.07) is 12.6. The van der Waals surface area contributed by atoms with Crippen molar-refractivity contribution in [3.05, 3.63) is 58.7 Å². The summed E-state index contributed by atoms with van der Waals surface area (Å²) < 4.78 is 10.8. The van der Waals surface area contributed by atoms with E-state index < -0.39 is 0 Å². The Morgan fingerprint density at radius 3 is 2.67 bits per heavy atom. The number of methoxy groups -OCH3 is 1. The molecule has 0 aromatic heterocycles. The van der Waals surface area contributed by atoms with Crippen molar-refractivity contribution in [2.45, 2.75) is 13.5 Å². The molecule has 0 N–H and O–H groups in total. The molecule has 4 nitrogen and oxygen atoms in total. The molecule has 0 heterocycles. The molecule has 0 unspecified atom stereocenters. The molecule has 2 aromatic rings. The highest BCUT2D eigenvalue weighted by Gasteiger charge is 2.07. The van der Waals surface area contributed by atoms with Crippen molar-refractivity contribution in [1.82, 2.24) is 0 Å². The van der Waals surface area contributed by atoms with E-state index in [9.17, 15) is 4.79 Å². The van der Waals surface area contributed by atoms with Gasteiger partial charge in [0.25, 0.3) is 0 Å². The van der Waals surface area contributed by atoms with Crippen molar-refractivity contribution >= 4 is 6.29 Å². The molecule has 0 bridgehead atoms. The number of nitrogens with zero attached hydrogens (tertiary/aromatic N) is 1. The van der Waals surface area contributed by atoms with Gasteiger partial charge in [-0.1, -0.05) is 6.07 Å². The molecule has 0 saturated carbocycles. The maximum Gasteiger partial charge on any atom is 0.153 e. The van der Waals surface area contributed by atoms with E-state index in [4.69, 9.17) is 14.7 Å². The van der Waals surface area contributed by atoms with Crippen molar-refractivity contribution < 1.29 is 14.3 Å². The van der Waals surface area contributed by atoms with Crippen LogP contribution in [0.25, 0.3) is 0 Å². The number of ether oxygens (including phenoxy) is 2. The van der Waals surface area contributed by atoms with E-state index >= 15 is 0 Å². The zero-order valence-corrected chi connectivity index (χ0v) is 11.9. The topological polar surface area (TPSA) is 59.3 Å². The maximum atomic E-state index is 11.0. The summed E-state index contributed by atoms with van der Waals surface area (Å²) in [5.74, 6) is 1.11. The fourth-order valence-corrected chi connectivity index (χ4v) is 1.95. The van der Waals surface area contributed by atoms with E-state index in [1.54, 1.807) is 31.4 Å². The first-order valence-electron chi connectivity index (χ1n) is 6.43.